The summed E-state index contributed by atoms with van der Waals surface area (Å²) in [7, 11) is 0. The highest BCUT2D eigenvalue weighted by atomic mass is 19.4. The molecule has 1 aromatic heterocycles. The van der Waals surface area contributed by atoms with Gasteiger partial charge in [0.25, 0.3) is 5.91 Å². The van der Waals surface area contributed by atoms with Crippen LogP contribution in [-0.4, -0.2) is 23.1 Å². The smallest absolute Gasteiger partial charge is 0.349 e. The highest BCUT2D eigenvalue weighted by molar-refractivity contribution is 5.93. The normalized spacial score (nSPS) is 23.9. The van der Waals surface area contributed by atoms with E-state index in [9.17, 15) is 18.0 Å². The van der Waals surface area contributed by atoms with Gasteiger partial charge in [0, 0.05) is 18.4 Å². The molecule has 0 unspecified atom stereocenters. The number of rotatable bonds is 2. The molecule has 0 atom stereocenters. The molecule has 3 nitrogen and oxygen atoms in total. The molecule has 1 fully saturated rings. The van der Waals surface area contributed by atoms with Crippen LogP contribution in [0.1, 0.15) is 36.0 Å². The fraction of sp³-hybridized carbons (Fsp3) is 0.538. The lowest BCUT2D eigenvalue weighted by Gasteiger charge is -2.30. The summed E-state index contributed by atoms with van der Waals surface area (Å²) in [6.07, 6.45) is -0.199. The van der Waals surface area contributed by atoms with Gasteiger partial charge in [0.05, 0.1) is 11.5 Å². The van der Waals surface area contributed by atoms with Crippen LogP contribution >= 0.6 is 0 Å². The molecular weight excluding hydrogens is 257 g/mol. The van der Waals surface area contributed by atoms with Crippen LogP contribution in [0.25, 0.3) is 0 Å². The average molecular weight is 272 g/mol. The van der Waals surface area contributed by atoms with Crippen LogP contribution < -0.4 is 5.32 Å². The third kappa shape index (κ3) is 3.68. The van der Waals surface area contributed by atoms with Gasteiger partial charge in [-0.2, -0.15) is 13.2 Å². The Labute approximate surface area is 109 Å². The Bertz CT molecular complexity index is 425. The Hall–Kier alpha value is -1.59. The number of amides is 1. The Morgan fingerprint density at radius 2 is 1.95 bits per heavy atom. The molecule has 0 bridgehead atoms. The summed E-state index contributed by atoms with van der Waals surface area (Å²) in [4.78, 5) is 15.7. The summed E-state index contributed by atoms with van der Waals surface area (Å²) in [5.74, 6) is -1.50. The van der Waals surface area contributed by atoms with Crippen molar-refractivity contribution in [1.82, 2.24) is 10.3 Å². The minimum absolute atomic E-state index is 0.0848. The maximum Gasteiger partial charge on any atom is 0.391 e. The molecule has 0 aromatic carbocycles. The summed E-state index contributed by atoms with van der Waals surface area (Å²) < 4.78 is 37.5. The van der Waals surface area contributed by atoms with Gasteiger partial charge in [0.2, 0.25) is 0 Å². The number of carbonyl (C=O) groups is 1. The number of nitrogens with one attached hydrogen (secondary N) is 1. The summed E-state index contributed by atoms with van der Waals surface area (Å²) in [6, 6.07) is 3.10. The van der Waals surface area contributed by atoms with Gasteiger partial charge in [-0.1, -0.05) is 0 Å². The summed E-state index contributed by atoms with van der Waals surface area (Å²) in [5, 5.41) is 2.76. The minimum atomic E-state index is -4.11. The van der Waals surface area contributed by atoms with Gasteiger partial charge < -0.3 is 5.32 Å². The molecule has 104 valence electrons. The lowest BCUT2D eigenvalue weighted by atomic mass is 9.85. The predicted molar refractivity (Wildman–Crippen MR) is 63.5 cm³/mol. The van der Waals surface area contributed by atoms with Crippen LogP contribution in [-0.2, 0) is 0 Å². The monoisotopic (exact) mass is 272 g/mol. The van der Waals surface area contributed by atoms with Crippen molar-refractivity contribution in [3.8, 4) is 0 Å². The zero-order chi connectivity index (χ0) is 13.9. The molecule has 0 saturated heterocycles. The number of alkyl halides is 3. The van der Waals surface area contributed by atoms with Crippen LogP contribution in [0.4, 0.5) is 13.2 Å². The van der Waals surface area contributed by atoms with E-state index in [-0.39, 0.29) is 24.8 Å². The molecule has 6 heteroatoms. The predicted octanol–water partition coefficient (Wildman–Crippen LogP) is 2.93. The largest absolute Gasteiger partial charge is 0.391 e. The maximum atomic E-state index is 12.5. The molecule has 19 heavy (non-hydrogen) atoms. The van der Waals surface area contributed by atoms with Crippen LogP contribution in [0.3, 0.4) is 0 Å². The summed E-state index contributed by atoms with van der Waals surface area (Å²) >= 11 is 0. The number of nitrogens with zero attached hydrogens (tertiary/aromatic N) is 1. The lowest BCUT2D eigenvalue weighted by Crippen LogP contribution is -2.40. The van der Waals surface area contributed by atoms with Crippen LogP contribution in [0.2, 0.25) is 0 Å². The number of hydrogen-bond donors (Lipinski definition) is 1. The van der Waals surface area contributed by atoms with Crippen molar-refractivity contribution in [3.05, 3.63) is 30.1 Å². The first-order chi connectivity index (χ1) is 8.97. The van der Waals surface area contributed by atoms with Crippen LogP contribution in [0.5, 0.6) is 0 Å². The van der Waals surface area contributed by atoms with Gasteiger partial charge in [-0.25, -0.2) is 0 Å². The van der Waals surface area contributed by atoms with Crippen molar-refractivity contribution in [1.29, 1.82) is 0 Å². The van der Waals surface area contributed by atoms with Crippen LogP contribution in [0, 0.1) is 5.92 Å². The molecule has 0 radical (unpaired) electrons. The van der Waals surface area contributed by atoms with Crippen molar-refractivity contribution < 1.29 is 18.0 Å². The molecule has 1 aliphatic rings. The first-order valence-corrected chi connectivity index (χ1v) is 6.24. The Balaban J connectivity index is 1.85. The molecule has 2 rings (SSSR count). The quantitative estimate of drug-likeness (QED) is 0.899. The van der Waals surface area contributed by atoms with Crippen molar-refractivity contribution in [2.45, 2.75) is 37.9 Å². The van der Waals surface area contributed by atoms with E-state index < -0.39 is 12.1 Å². The fourth-order valence-electron chi connectivity index (χ4n) is 2.33. The number of aromatic nitrogens is 1. The van der Waals surface area contributed by atoms with Crippen molar-refractivity contribution in [3.63, 3.8) is 0 Å². The van der Waals surface area contributed by atoms with E-state index >= 15 is 0 Å². The molecule has 0 spiro atoms. The second-order valence-electron chi connectivity index (χ2n) is 4.81. The molecule has 1 saturated carbocycles. The second-order valence-corrected chi connectivity index (χ2v) is 4.81. The van der Waals surface area contributed by atoms with Gasteiger partial charge in [-0.05, 0) is 37.8 Å². The third-order valence-corrected chi connectivity index (χ3v) is 3.45. The summed E-state index contributed by atoms with van der Waals surface area (Å²) in [5.41, 5.74) is 0.431. The third-order valence-electron chi connectivity index (χ3n) is 3.45. The van der Waals surface area contributed by atoms with E-state index in [1.807, 2.05) is 0 Å². The first-order valence-electron chi connectivity index (χ1n) is 6.24. The molecule has 1 N–H and O–H groups in total. The Kier molecular flexibility index (Phi) is 4.07. The second kappa shape index (κ2) is 5.59. The standard InChI is InChI=1S/C13H15F3N2O/c14-13(15,16)10-3-5-11(6-4-10)18-12(19)9-2-1-7-17-8-9/h1-2,7-8,10-11H,3-6H2,(H,18,19). The minimum Gasteiger partial charge on any atom is -0.349 e. The highest BCUT2D eigenvalue weighted by Crippen LogP contribution is 2.37. The van der Waals surface area contributed by atoms with E-state index in [0.717, 1.165) is 0 Å². The van der Waals surface area contributed by atoms with Gasteiger partial charge in [0.1, 0.15) is 0 Å². The lowest BCUT2D eigenvalue weighted by molar-refractivity contribution is -0.182. The summed E-state index contributed by atoms with van der Waals surface area (Å²) in [6.45, 7) is 0. The number of carbonyl (C=O) groups excluding carboxylic acids is 1. The van der Waals surface area contributed by atoms with E-state index in [4.69, 9.17) is 0 Å². The van der Waals surface area contributed by atoms with Crippen molar-refractivity contribution >= 4 is 5.91 Å². The SMILES string of the molecule is O=C(NC1CCC(C(F)(F)F)CC1)c1cccnc1. The van der Waals surface area contributed by atoms with Gasteiger partial charge in [-0.15, -0.1) is 0 Å². The molecular formula is C13H15F3N2O. The Morgan fingerprint density at radius 1 is 1.26 bits per heavy atom. The zero-order valence-electron chi connectivity index (χ0n) is 10.3. The molecule has 1 amide bonds. The zero-order valence-corrected chi connectivity index (χ0v) is 10.3. The van der Waals surface area contributed by atoms with E-state index in [1.165, 1.54) is 6.20 Å². The Morgan fingerprint density at radius 3 is 2.47 bits per heavy atom. The van der Waals surface area contributed by atoms with E-state index in [1.54, 1.807) is 18.3 Å². The maximum absolute atomic E-state index is 12.5. The van der Waals surface area contributed by atoms with Crippen LogP contribution in [0.15, 0.2) is 24.5 Å². The first kappa shape index (κ1) is 13.8. The number of pyridine rings is 1. The van der Waals surface area contributed by atoms with E-state index in [0.29, 0.717) is 18.4 Å². The molecule has 1 heterocycles. The molecule has 0 aliphatic heterocycles. The van der Waals surface area contributed by atoms with Gasteiger partial charge in [-0.3, -0.25) is 9.78 Å². The van der Waals surface area contributed by atoms with E-state index in [2.05, 4.69) is 10.3 Å². The molecule has 1 aliphatic carbocycles. The fourth-order valence-corrected chi connectivity index (χ4v) is 2.33. The molecule has 1 aromatic rings. The van der Waals surface area contributed by atoms with Crippen molar-refractivity contribution in [2.24, 2.45) is 5.92 Å². The van der Waals surface area contributed by atoms with Gasteiger partial charge in [0.15, 0.2) is 0 Å². The highest BCUT2D eigenvalue weighted by Gasteiger charge is 2.41. The number of hydrogen-bond acceptors (Lipinski definition) is 2. The number of halogens is 3. The average Bonchev–Trinajstić information content (AvgIpc) is 2.39. The topological polar surface area (TPSA) is 42.0 Å². The van der Waals surface area contributed by atoms with Gasteiger partial charge >= 0.3 is 6.18 Å². The van der Waals surface area contributed by atoms with Crippen molar-refractivity contribution in [2.75, 3.05) is 0 Å².